The number of aromatic nitrogens is 2. The first-order valence-corrected chi connectivity index (χ1v) is 7.25. The van der Waals surface area contributed by atoms with Crippen molar-refractivity contribution < 1.29 is 14.7 Å². The third-order valence-electron chi connectivity index (χ3n) is 5.01. The quantitative estimate of drug-likeness (QED) is 0.875. The lowest BCUT2D eigenvalue weighted by Gasteiger charge is -2.25. The van der Waals surface area contributed by atoms with Crippen LogP contribution in [0.5, 0.6) is 0 Å². The largest absolute Gasteiger partial charge is 0.481 e. The summed E-state index contributed by atoms with van der Waals surface area (Å²) in [6, 6.07) is 0. The van der Waals surface area contributed by atoms with Gasteiger partial charge in [0, 0.05) is 6.20 Å². The van der Waals surface area contributed by atoms with E-state index in [0.717, 1.165) is 11.4 Å². The third kappa shape index (κ3) is 2.28. The average Bonchev–Trinajstić information content (AvgIpc) is 3.04. The normalized spacial score (nSPS) is 30.3. The average molecular weight is 289 g/mol. The Balaban J connectivity index is 1.66. The number of hydrogen-bond acceptors (Lipinski definition) is 4. The Kier molecular flexibility index (Phi) is 3.19. The van der Waals surface area contributed by atoms with Crippen molar-refractivity contribution in [3.05, 3.63) is 23.8 Å². The van der Waals surface area contributed by atoms with Gasteiger partial charge in [-0.25, -0.2) is 0 Å². The Morgan fingerprint density at radius 3 is 2.48 bits per heavy atom. The standard InChI is InChI=1S/C15H19N3O3/c1-10-6-16-7-11(18-10)8-17-12(19)14-2-4-15(9-14,5-3-14)13(20)21/h6-7H,2-5,8-9H2,1H3,(H,17,19)(H,20,21). The van der Waals surface area contributed by atoms with Gasteiger partial charge in [0.1, 0.15) is 0 Å². The van der Waals surface area contributed by atoms with Gasteiger partial charge in [0.05, 0.1) is 35.0 Å². The molecule has 2 aliphatic carbocycles. The van der Waals surface area contributed by atoms with E-state index in [-0.39, 0.29) is 5.91 Å². The van der Waals surface area contributed by atoms with Gasteiger partial charge in [-0.1, -0.05) is 0 Å². The Morgan fingerprint density at radius 1 is 1.24 bits per heavy atom. The van der Waals surface area contributed by atoms with Gasteiger partial charge in [0.15, 0.2) is 0 Å². The van der Waals surface area contributed by atoms with Gasteiger partial charge in [-0.2, -0.15) is 0 Å². The highest BCUT2D eigenvalue weighted by atomic mass is 16.4. The topological polar surface area (TPSA) is 92.2 Å². The van der Waals surface area contributed by atoms with Crippen molar-refractivity contribution in [2.45, 2.75) is 45.6 Å². The maximum Gasteiger partial charge on any atom is 0.309 e. The van der Waals surface area contributed by atoms with Crippen LogP contribution in [-0.4, -0.2) is 27.0 Å². The van der Waals surface area contributed by atoms with Crippen molar-refractivity contribution in [3.63, 3.8) is 0 Å². The number of carboxylic acids is 1. The summed E-state index contributed by atoms with van der Waals surface area (Å²) in [5.41, 5.74) is 0.377. The van der Waals surface area contributed by atoms with E-state index in [2.05, 4.69) is 15.3 Å². The molecule has 6 heteroatoms. The van der Waals surface area contributed by atoms with E-state index in [1.165, 1.54) is 0 Å². The van der Waals surface area contributed by atoms with Crippen LogP contribution in [0.1, 0.15) is 43.5 Å². The number of carbonyl (C=O) groups is 2. The number of rotatable bonds is 4. The van der Waals surface area contributed by atoms with Crippen molar-refractivity contribution in [1.82, 2.24) is 15.3 Å². The smallest absolute Gasteiger partial charge is 0.309 e. The summed E-state index contributed by atoms with van der Waals surface area (Å²) in [4.78, 5) is 32.3. The minimum absolute atomic E-state index is 0.0357. The van der Waals surface area contributed by atoms with E-state index in [1.54, 1.807) is 12.4 Å². The molecule has 0 atom stereocenters. The summed E-state index contributed by atoms with van der Waals surface area (Å²) < 4.78 is 0. The van der Waals surface area contributed by atoms with E-state index >= 15 is 0 Å². The van der Waals surface area contributed by atoms with Gasteiger partial charge in [0.25, 0.3) is 0 Å². The number of carboxylic acid groups (broad SMARTS) is 1. The summed E-state index contributed by atoms with van der Waals surface area (Å²) in [5.74, 6) is -0.786. The molecular weight excluding hydrogens is 270 g/mol. The molecule has 2 bridgehead atoms. The molecule has 3 rings (SSSR count). The highest BCUT2D eigenvalue weighted by Gasteiger charge is 2.61. The molecule has 112 valence electrons. The molecule has 2 aliphatic rings. The molecule has 0 radical (unpaired) electrons. The van der Waals surface area contributed by atoms with Crippen LogP contribution in [0.4, 0.5) is 0 Å². The second-order valence-electron chi connectivity index (χ2n) is 6.38. The molecule has 1 heterocycles. The van der Waals surface area contributed by atoms with Gasteiger partial charge in [-0.3, -0.25) is 19.6 Å². The highest BCUT2D eigenvalue weighted by Crippen LogP contribution is 2.61. The van der Waals surface area contributed by atoms with E-state index < -0.39 is 16.8 Å². The van der Waals surface area contributed by atoms with Crippen LogP contribution in [0, 0.1) is 17.8 Å². The number of aryl methyl sites for hydroxylation is 1. The van der Waals surface area contributed by atoms with Gasteiger partial charge in [0.2, 0.25) is 5.91 Å². The van der Waals surface area contributed by atoms with Crippen LogP contribution >= 0.6 is 0 Å². The zero-order valence-corrected chi connectivity index (χ0v) is 12.1. The van der Waals surface area contributed by atoms with E-state index in [4.69, 9.17) is 0 Å². The number of hydrogen-bond donors (Lipinski definition) is 2. The number of amides is 1. The van der Waals surface area contributed by atoms with E-state index in [9.17, 15) is 14.7 Å². The maximum atomic E-state index is 12.5. The van der Waals surface area contributed by atoms with E-state index in [1.807, 2.05) is 6.92 Å². The first-order valence-electron chi connectivity index (χ1n) is 7.25. The fourth-order valence-electron chi connectivity index (χ4n) is 3.76. The summed E-state index contributed by atoms with van der Waals surface area (Å²) in [5, 5.41) is 12.3. The zero-order valence-electron chi connectivity index (χ0n) is 12.1. The molecule has 1 aromatic rings. The molecule has 0 unspecified atom stereocenters. The van der Waals surface area contributed by atoms with Gasteiger partial charge in [-0.15, -0.1) is 0 Å². The summed E-state index contributed by atoms with van der Waals surface area (Å²) in [7, 11) is 0. The first-order chi connectivity index (χ1) is 9.96. The Labute approximate surface area is 123 Å². The summed E-state index contributed by atoms with van der Waals surface area (Å²) in [6.07, 6.45) is 6.34. The zero-order chi connectivity index (χ0) is 15.1. The number of aliphatic carboxylic acids is 1. The minimum Gasteiger partial charge on any atom is -0.481 e. The molecule has 1 aromatic heterocycles. The van der Waals surface area contributed by atoms with Crippen LogP contribution in [0.25, 0.3) is 0 Å². The fraction of sp³-hybridized carbons (Fsp3) is 0.600. The summed E-state index contributed by atoms with van der Waals surface area (Å²) in [6.45, 7) is 2.20. The molecule has 2 saturated carbocycles. The predicted molar refractivity (Wildman–Crippen MR) is 74.2 cm³/mol. The van der Waals surface area contributed by atoms with Crippen LogP contribution in [0.3, 0.4) is 0 Å². The molecule has 2 fully saturated rings. The lowest BCUT2D eigenvalue weighted by atomic mass is 9.81. The number of nitrogens with one attached hydrogen (secondary N) is 1. The SMILES string of the molecule is Cc1cncc(CNC(=O)C23CCC(C(=O)O)(CC2)C3)n1. The molecule has 0 aliphatic heterocycles. The van der Waals surface area contributed by atoms with Crippen molar-refractivity contribution >= 4 is 11.9 Å². The van der Waals surface area contributed by atoms with Crippen molar-refractivity contribution in [1.29, 1.82) is 0 Å². The van der Waals surface area contributed by atoms with Crippen molar-refractivity contribution in [3.8, 4) is 0 Å². The lowest BCUT2D eigenvalue weighted by Crippen LogP contribution is -2.38. The highest BCUT2D eigenvalue weighted by molar-refractivity contribution is 5.87. The molecule has 0 aromatic carbocycles. The summed E-state index contributed by atoms with van der Waals surface area (Å²) >= 11 is 0. The molecule has 1 amide bonds. The minimum atomic E-state index is -0.751. The third-order valence-corrected chi connectivity index (χ3v) is 5.01. The first kappa shape index (κ1) is 14.0. The molecule has 6 nitrogen and oxygen atoms in total. The molecule has 21 heavy (non-hydrogen) atoms. The van der Waals surface area contributed by atoms with Crippen LogP contribution < -0.4 is 5.32 Å². The number of carbonyl (C=O) groups excluding carboxylic acids is 1. The van der Waals surface area contributed by atoms with Gasteiger partial charge < -0.3 is 10.4 Å². The fourth-order valence-corrected chi connectivity index (χ4v) is 3.76. The van der Waals surface area contributed by atoms with Crippen molar-refractivity contribution in [2.24, 2.45) is 10.8 Å². The Hall–Kier alpha value is -1.98. The van der Waals surface area contributed by atoms with E-state index in [0.29, 0.717) is 38.6 Å². The lowest BCUT2D eigenvalue weighted by molar-refractivity contribution is -0.148. The predicted octanol–water partition coefficient (Wildman–Crippen LogP) is 1.44. The number of nitrogens with zero attached hydrogens (tertiary/aromatic N) is 2. The second kappa shape index (κ2) is 4.79. The molecule has 0 spiro atoms. The van der Waals surface area contributed by atoms with Gasteiger partial charge >= 0.3 is 5.97 Å². The number of fused-ring (bicyclic) bond motifs is 2. The maximum absolute atomic E-state index is 12.5. The van der Waals surface area contributed by atoms with Crippen LogP contribution in [-0.2, 0) is 16.1 Å². The van der Waals surface area contributed by atoms with Crippen molar-refractivity contribution in [2.75, 3.05) is 0 Å². The van der Waals surface area contributed by atoms with Crippen LogP contribution in [0.15, 0.2) is 12.4 Å². The molecule has 0 saturated heterocycles. The molecule has 2 N–H and O–H groups in total. The second-order valence-corrected chi connectivity index (χ2v) is 6.38. The Bertz CT molecular complexity index is 592. The monoisotopic (exact) mass is 289 g/mol. The van der Waals surface area contributed by atoms with Gasteiger partial charge in [-0.05, 0) is 39.0 Å². The van der Waals surface area contributed by atoms with Crippen LogP contribution in [0.2, 0.25) is 0 Å². The Morgan fingerprint density at radius 2 is 1.90 bits per heavy atom. The molecular formula is C15H19N3O3.